The van der Waals surface area contributed by atoms with Crippen LogP contribution in [0, 0.1) is 11.7 Å². The van der Waals surface area contributed by atoms with Gasteiger partial charge in [-0.05, 0) is 62.1 Å². The van der Waals surface area contributed by atoms with Crippen LogP contribution in [0.15, 0.2) is 29.1 Å². The van der Waals surface area contributed by atoms with Crippen LogP contribution in [0.5, 0.6) is 5.75 Å². The molecule has 204 valence electrons. The minimum Gasteiger partial charge on any atom is -0.501 e. The number of carbonyl (C=O) groups is 2. The zero-order chi connectivity index (χ0) is 27.2. The van der Waals surface area contributed by atoms with Crippen LogP contribution in [0.1, 0.15) is 60.4 Å². The van der Waals surface area contributed by atoms with Crippen molar-refractivity contribution in [3.8, 4) is 5.75 Å². The summed E-state index contributed by atoms with van der Waals surface area (Å²) >= 11 is 0. The maximum absolute atomic E-state index is 13.4. The minimum absolute atomic E-state index is 0.0195. The molecule has 4 heterocycles. The van der Waals surface area contributed by atoms with Crippen molar-refractivity contribution in [3.63, 3.8) is 0 Å². The van der Waals surface area contributed by atoms with Crippen LogP contribution in [-0.4, -0.2) is 58.0 Å². The molecule has 4 aliphatic rings. The molecule has 1 aromatic carbocycles. The molecule has 2 aromatic rings. The summed E-state index contributed by atoms with van der Waals surface area (Å²) in [6.07, 6.45) is 4.31. The highest BCUT2D eigenvalue weighted by Crippen LogP contribution is 2.43. The largest absolute Gasteiger partial charge is 0.501 e. The molecule has 1 atom stereocenters. The monoisotopic (exact) mass is 547 g/mol. The van der Waals surface area contributed by atoms with Gasteiger partial charge in [0.05, 0.1) is 11.8 Å². The first-order valence-electron chi connectivity index (χ1n) is 12.6. The lowest BCUT2D eigenvalue weighted by atomic mass is 9.77. The molecule has 1 saturated heterocycles. The third kappa shape index (κ3) is 4.80. The van der Waals surface area contributed by atoms with Gasteiger partial charge in [-0.1, -0.05) is 12.1 Å². The maximum Gasteiger partial charge on any atom is 0.296 e. The fraction of sp³-hybridized carbons (Fsp3) is 0.520. The zero-order valence-electron chi connectivity index (χ0n) is 20.9. The lowest BCUT2D eigenvalue weighted by molar-refractivity contribution is -0.127. The van der Waals surface area contributed by atoms with E-state index in [1.165, 1.54) is 33.1 Å². The van der Waals surface area contributed by atoms with E-state index in [9.17, 15) is 32.3 Å². The van der Waals surface area contributed by atoms with Gasteiger partial charge in [-0.2, -0.15) is 4.31 Å². The molecule has 11 nitrogen and oxygen atoms in total. The van der Waals surface area contributed by atoms with E-state index in [2.05, 4.69) is 15.6 Å². The summed E-state index contributed by atoms with van der Waals surface area (Å²) in [6, 6.07) is 4.65. The number of fused-ring (bicyclic) bond motifs is 2. The molecule has 13 heteroatoms. The zero-order valence-corrected chi connectivity index (χ0v) is 21.8. The standard InChI is InChI=1S/C25H30FN5O6S/c1-38(36,37)31-12-2-3-18(31)21(33)29-25-10-8-16(9-11-25)14-30-23(35)20(32)19(28-24(25)30)22(34)27-13-15-4-6-17(26)7-5-15/h4-7,16,18,32H,2-3,8-14H2,1H3,(H,27,34)(H,29,33)/t16?,18-,25?/m0/s1. The van der Waals surface area contributed by atoms with E-state index < -0.39 is 56.2 Å². The molecule has 2 fully saturated rings. The average Bonchev–Trinajstić information content (AvgIpc) is 3.28. The van der Waals surface area contributed by atoms with E-state index in [1.807, 2.05) is 0 Å². The van der Waals surface area contributed by atoms with E-state index in [0.717, 1.165) is 6.26 Å². The average molecular weight is 548 g/mol. The third-order valence-electron chi connectivity index (χ3n) is 7.85. The van der Waals surface area contributed by atoms with E-state index in [0.29, 0.717) is 50.6 Å². The molecule has 1 aliphatic carbocycles. The van der Waals surface area contributed by atoms with Gasteiger partial charge in [0.15, 0.2) is 5.69 Å². The van der Waals surface area contributed by atoms with Crippen LogP contribution in [0.25, 0.3) is 0 Å². The molecule has 1 saturated carbocycles. The van der Waals surface area contributed by atoms with Crippen molar-refractivity contribution >= 4 is 21.8 Å². The summed E-state index contributed by atoms with van der Waals surface area (Å²) in [4.78, 5) is 44.1. The second-order valence-corrected chi connectivity index (χ2v) is 12.3. The third-order valence-corrected chi connectivity index (χ3v) is 9.14. The SMILES string of the molecule is CS(=O)(=O)N1CCC[C@H]1C(=O)NC12CCC(CC1)Cn1c2nc(C(=O)NCc2ccc(F)cc2)c(O)c1=O. The van der Waals surface area contributed by atoms with Crippen molar-refractivity contribution in [2.24, 2.45) is 5.92 Å². The molecule has 2 bridgehead atoms. The lowest BCUT2D eigenvalue weighted by Crippen LogP contribution is -2.55. The number of aromatic nitrogens is 2. The molecule has 1 aromatic heterocycles. The van der Waals surface area contributed by atoms with Crippen LogP contribution in [0.3, 0.4) is 0 Å². The summed E-state index contributed by atoms with van der Waals surface area (Å²) < 4.78 is 40.2. The number of benzene rings is 1. The number of aromatic hydroxyl groups is 1. The second kappa shape index (κ2) is 9.77. The normalized spacial score (nSPS) is 25.0. The van der Waals surface area contributed by atoms with E-state index in [1.54, 1.807) is 0 Å². The maximum atomic E-state index is 13.4. The Kier molecular flexibility index (Phi) is 6.76. The Bertz CT molecular complexity index is 1430. The van der Waals surface area contributed by atoms with Crippen molar-refractivity contribution in [1.82, 2.24) is 24.5 Å². The van der Waals surface area contributed by atoms with Crippen LogP contribution in [0.4, 0.5) is 4.39 Å². The van der Waals surface area contributed by atoms with Gasteiger partial charge in [0.1, 0.15) is 17.7 Å². The van der Waals surface area contributed by atoms with Crippen LogP contribution in [0.2, 0.25) is 0 Å². The van der Waals surface area contributed by atoms with Gasteiger partial charge in [0.25, 0.3) is 11.5 Å². The topological polar surface area (TPSA) is 151 Å². The number of sulfonamides is 1. The first kappa shape index (κ1) is 26.3. The molecule has 3 aliphatic heterocycles. The molecule has 2 amide bonds. The first-order chi connectivity index (χ1) is 18.0. The number of nitrogens with one attached hydrogen (secondary N) is 2. The summed E-state index contributed by atoms with van der Waals surface area (Å²) in [7, 11) is -3.59. The molecule has 3 N–H and O–H groups in total. The quantitative estimate of drug-likeness (QED) is 0.487. The molecule has 38 heavy (non-hydrogen) atoms. The predicted molar refractivity (Wildman–Crippen MR) is 134 cm³/mol. The first-order valence-corrected chi connectivity index (χ1v) is 14.5. The molecular formula is C25H30FN5O6S. The summed E-state index contributed by atoms with van der Waals surface area (Å²) in [5, 5.41) is 16.3. The minimum atomic E-state index is -3.59. The van der Waals surface area contributed by atoms with Crippen molar-refractivity contribution in [3.05, 3.63) is 57.5 Å². The van der Waals surface area contributed by atoms with E-state index >= 15 is 0 Å². The van der Waals surface area contributed by atoms with Crippen molar-refractivity contribution in [1.29, 1.82) is 0 Å². The summed E-state index contributed by atoms with van der Waals surface area (Å²) in [5.74, 6) is -2.14. The lowest BCUT2D eigenvalue weighted by Gasteiger charge is -2.38. The Morgan fingerprint density at radius 3 is 2.53 bits per heavy atom. The smallest absolute Gasteiger partial charge is 0.296 e. The molecule has 0 spiro atoms. The molecule has 0 unspecified atom stereocenters. The second-order valence-electron chi connectivity index (χ2n) is 10.4. The van der Waals surface area contributed by atoms with Gasteiger partial charge in [0.2, 0.25) is 21.7 Å². The molecule has 6 rings (SSSR count). The Hall–Kier alpha value is -3.32. The summed E-state index contributed by atoms with van der Waals surface area (Å²) in [6.45, 7) is 0.570. The number of nitrogens with zero attached hydrogens (tertiary/aromatic N) is 3. The van der Waals surface area contributed by atoms with Crippen LogP contribution >= 0.6 is 0 Å². The van der Waals surface area contributed by atoms with Gasteiger partial charge in [-0.3, -0.25) is 19.0 Å². The Labute approximate surface area is 219 Å². The summed E-state index contributed by atoms with van der Waals surface area (Å²) in [5.41, 5.74) is -1.71. The van der Waals surface area contributed by atoms with Gasteiger partial charge >= 0.3 is 0 Å². The van der Waals surface area contributed by atoms with E-state index in [4.69, 9.17) is 0 Å². The van der Waals surface area contributed by atoms with Crippen molar-refractivity contribution in [2.45, 2.75) is 63.2 Å². The number of halogens is 1. The number of amides is 2. The van der Waals surface area contributed by atoms with Crippen molar-refractivity contribution in [2.75, 3.05) is 12.8 Å². The Morgan fingerprint density at radius 1 is 1.18 bits per heavy atom. The molecular weight excluding hydrogens is 517 g/mol. The number of rotatable bonds is 6. The number of carbonyl (C=O) groups excluding carboxylic acids is 2. The number of hydrogen-bond donors (Lipinski definition) is 3. The van der Waals surface area contributed by atoms with Crippen molar-refractivity contribution < 1.29 is 27.5 Å². The van der Waals surface area contributed by atoms with Gasteiger partial charge in [0, 0.05) is 19.6 Å². The highest BCUT2D eigenvalue weighted by molar-refractivity contribution is 7.88. The highest BCUT2D eigenvalue weighted by atomic mass is 32.2. The fourth-order valence-electron chi connectivity index (χ4n) is 5.84. The predicted octanol–water partition coefficient (Wildman–Crippen LogP) is 0.957. The van der Waals surface area contributed by atoms with Gasteiger partial charge in [-0.25, -0.2) is 17.8 Å². The van der Waals surface area contributed by atoms with E-state index in [-0.39, 0.29) is 24.8 Å². The van der Waals surface area contributed by atoms with Gasteiger partial charge < -0.3 is 15.7 Å². The van der Waals surface area contributed by atoms with Crippen LogP contribution < -0.4 is 16.2 Å². The number of hydrogen-bond acceptors (Lipinski definition) is 7. The Balaban J connectivity index is 1.48. The van der Waals surface area contributed by atoms with Crippen LogP contribution in [-0.2, 0) is 33.4 Å². The highest BCUT2D eigenvalue weighted by Gasteiger charge is 2.48. The van der Waals surface area contributed by atoms with Gasteiger partial charge in [-0.15, -0.1) is 0 Å². The molecule has 0 radical (unpaired) electrons. The fourth-order valence-corrected chi connectivity index (χ4v) is 6.96. The Morgan fingerprint density at radius 2 is 1.87 bits per heavy atom.